The molecule has 0 aromatic heterocycles. The summed E-state index contributed by atoms with van der Waals surface area (Å²) >= 11 is 0. The summed E-state index contributed by atoms with van der Waals surface area (Å²) in [5.74, 6) is 1.69. The van der Waals surface area contributed by atoms with Crippen molar-refractivity contribution in [2.45, 2.75) is 52.6 Å². The molecule has 0 aliphatic carbocycles. The van der Waals surface area contributed by atoms with Crippen molar-refractivity contribution in [3.63, 3.8) is 0 Å². The highest BCUT2D eigenvalue weighted by Gasteiger charge is 2.20. The Balaban J connectivity index is 2.99. The molecule has 0 spiro atoms. The molecule has 1 unspecified atom stereocenters. The molecule has 0 radical (unpaired) electrons. The molecule has 4 heteroatoms. The normalized spacial score (nSPS) is 11.9. The van der Waals surface area contributed by atoms with E-state index in [4.69, 9.17) is 9.47 Å². The summed E-state index contributed by atoms with van der Waals surface area (Å²) in [6.07, 6.45) is 2.59. The molecule has 4 nitrogen and oxygen atoms in total. The van der Waals surface area contributed by atoms with E-state index in [-0.39, 0.29) is 11.9 Å². The molecule has 118 valence electrons. The Bertz CT molecular complexity index is 459. The fourth-order valence-electron chi connectivity index (χ4n) is 2.43. The van der Waals surface area contributed by atoms with Gasteiger partial charge in [0.1, 0.15) is 11.5 Å². The zero-order valence-electron chi connectivity index (χ0n) is 13.8. The number of carbonyl (C=O) groups is 1. The van der Waals surface area contributed by atoms with Crippen molar-refractivity contribution in [1.82, 2.24) is 4.90 Å². The van der Waals surface area contributed by atoms with Gasteiger partial charge in [0.05, 0.1) is 14.2 Å². The van der Waals surface area contributed by atoms with Gasteiger partial charge in [-0.15, -0.1) is 0 Å². The predicted octanol–water partition coefficient (Wildman–Crippen LogP) is 3.63. The second-order valence-electron chi connectivity index (χ2n) is 5.19. The van der Waals surface area contributed by atoms with E-state index in [9.17, 15) is 4.79 Å². The van der Waals surface area contributed by atoms with Crippen LogP contribution in [0, 0.1) is 0 Å². The Morgan fingerprint density at radius 1 is 1.24 bits per heavy atom. The standard InChI is InChI=1S/C17H27NO3/c1-6-8-13(3)18(17(19)7-2)12-14-9-10-15(20-4)11-16(14)21-5/h9-11,13H,6-8,12H2,1-5H3. The maximum absolute atomic E-state index is 12.2. The number of ether oxygens (including phenoxy) is 2. The van der Waals surface area contributed by atoms with Gasteiger partial charge in [-0.3, -0.25) is 4.79 Å². The van der Waals surface area contributed by atoms with Crippen molar-refractivity contribution < 1.29 is 14.3 Å². The van der Waals surface area contributed by atoms with Gasteiger partial charge in [0.15, 0.2) is 0 Å². The van der Waals surface area contributed by atoms with Crippen LogP contribution in [0.1, 0.15) is 45.6 Å². The monoisotopic (exact) mass is 293 g/mol. The molecule has 1 rings (SSSR count). The SMILES string of the molecule is CCCC(C)N(Cc1ccc(OC)cc1OC)C(=O)CC. The van der Waals surface area contributed by atoms with Crippen LogP contribution in [-0.2, 0) is 11.3 Å². The minimum absolute atomic E-state index is 0.175. The summed E-state index contributed by atoms with van der Waals surface area (Å²) in [4.78, 5) is 14.2. The lowest BCUT2D eigenvalue weighted by molar-refractivity contribution is -0.133. The molecule has 0 aliphatic heterocycles. The minimum Gasteiger partial charge on any atom is -0.497 e. The van der Waals surface area contributed by atoms with Crippen LogP contribution in [-0.4, -0.2) is 31.1 Å². The molecule has 0 N–H and O–H groups in total. The Morgan fingerprint density at radius 3 is 2.48 bits per heavy atom. The topological polar surface area (TPSA) is 38.8 Å². The van der Waals surface area contributed by atoms with E-state index in [2.05, 4.69) is 13.8 Å². The number of hydrogen-bond acceptors (Lipinski definition) is 3. The molecule has 1 amide bonds. The Labute approximate surface area is 128 Å². The number of amides is 1. The second-order valence-corrected chi connectivity index (χ2v) is 5.19. The molecule has 0 bridgehead atoms. The van der Waals surface area contributed by atoms with Gasteiger partial charge < -0.3 is 14.4 Å². The van der Waals surface area contributed by atoms with E-state index in [1.54, 1.807) is 14.2 Å². The molecule has 0 aliphatic rings. The van der Waals surface area contributed by atoms with Gasteiger partial charge in [-0.05, 0) is 25.5 Å². The highest BCUT2D eigenvalue weighted by Crippen LogP contribution is 2.27. The van der Waals surface area contributed by atoms with Crippen LogP contribution < -0.4 is 9.47 Å². The van der Waals surface area contributed by atoms with Crippen molar-refractivity contribution in [1.29, 1.82) is 0 Å². The number of carbonyl (C=O) groups excluding carboxylic acids is 1. The van der Waals surface area contributed by atoms with Crippen LogP contribution in [0.25, 0.3) is 0 Å². The quantitative estimate of drug-likeness (QED) is 0.734. The van der Waals surface area contributed by atoms with Crippen LogP contribution in [0.5, 0.6) is 11.5 Å². The van der Waals surface area contributed by atoms with Crippen LogP contribution >= 0.6 is 0 Å². The summed E-state index contributed by atoms with van der Waals surface area (Å²) in [5, 5.41) is 0. The van der Waals surface area contributed by atoms with Crippen LogP contribution in [0.2, 0.25) is 0 Å². The maximum Gasteiger partial charge on any atom is 0.222 e. The zero-order chi connectivity index (χ0) is 15.8. The molecule has 0 saturated heterocycles. The van der Waals surface area contributed by atoms with Crippen LogP contribution in [0.15, 0.2) is 18.2 Å². The van der Waals surface area contributed by atoms with Crippen molar-refractivity contribution in [3.8, 4) is 11.5 Å². The lowest BCUT2D eigenvalue weighted by Crippen LogP contribution is -2.37. The number of nitrogens with zero attached hydrogens (tertiary/aromatic N) is 1. The summed E-state index contributed by atoms with van der Waals surface area (Å²) < 4.78 is 10.6. The third-order valence-corrected chi connectivity index (χ3v) is 3.70. The minimum atomic E-state index is 0.175. The average molecular weight is 293 g/mol. The van der Waals surface area contributed by atoms with Gasteiger partial charge in [-0.25, -0.2) is 0 Å². The van der Waals surface area contributed by atoms with Crippen LogP contribution in [0.3, 0.4) is 0 Å². The van der Waals surface area contributed by atoms with E-state index >= 15 is 0 Å². The largest absolute Gasteiger partial charge is 0.497 e. The molecule has 21 heavy (non-hydrogen) atoms. The third-order valence-electron chi connectivity index (χ3n) is 3.70. The lowest BCUT2D eigenvalue weighted by atomic mass is 10.1. The summed E-state index contributed by atoms with van der Waals surface area (Å²) in [6, 6.07) is 5.95. The number of benzene rings is 1. The van der Waals surface area contributed by atoms with Crippen molar-refractivity contribution >= 4 is 5.91 Å². The van der Waals surface area contributed by atoms with E-state index in [1.165, 1.54) is 0 Å². The first-order chi connectivity index (χ1) is 10.1. The van der Waals surface area contributed by atoms with Crippen molar-refractivity contribution in [2.75, 3.05) is 14.2 Å². The van der Waals surface area contributed by atoms with E-state index in [0.717, 1.165) is 29.9 Å². The number of hydrogen-bond donors (Lipinski definition) is 0. The van der Waals surface area contributed by atoms with Gasteiger partial charge in [-0.1, -0.05) is 20.3 Å². The Kier molecular flexibility index (Phi) is 7.06. The maximum atomic E-state index is 12.2. The fraction of sp³-hybridized carbons (Fsp3) is 0.588. The molecular weight excluding hydrogens is 266 g/mol. The first-order valence-electron chi connectivity index (χ1n) is 7.57. The summed E-state index contributed by atoms with van der Waals surface area (Å²) in [6.45, 7) is 6.71. The molecule has 0 heterocycles. The first-order valence-corrected chi connectivity index (χ1v) is 7.57. The molecule has 1 atom stereocenters. The summed E-state index contributed by atoms with van der Waals surface area (Å²) in [5.41, 5.74) is 1.00. The molecular formula is C17H27NO3. The Hall–Kier alpha value is -1.71. The van der Waals surface area contributed by atoms with Crippen molar-refractivity contribution in [3.05, 3.63) is 23.8 Å². The van der Waals surface area contributed by atoms with Gasteiger partial charge in [0.2, 0.25) is 5.91 Å². The molecule has 0 fully saturated rings. The van der Waals surface area contributed by atoms with E-state index in [1.807, 2.05) is 30.0 Å². The van der Waals surface area contributed by atoms with Gasteiger partial charge in [0, 0.05) is 30.6 Å². The third kappa shape index (κ3) is 4.66. The average Bonchev–Trinajstić information content (AvgIpc) is 2.51. The van der Waals surface area contributed by atoms with Gasteiger partial charge in [0.25, 0.3) is 0 Å². The fourth-order valence-corrected chi connectivity index (χ4v) is 2.43. The molecule has 1 aromatic rings. The first kappa shape index (κ1) is 17.3. The second kappa shape index (κ2) is 8.55. The Morgan fingerprint density at radius 2 is 1.95 bits per heavy atom. The lowest BCUT2D eigenvalue weighted by Gasteiger charge is -2.29. The van der Waals surface area contributed by atoms with Crippen LogP contribution in [0.4, 0.5) is 0 Å². The van der Waals surface area contributed by atoms with Gasteiger partial charge >= 0.3 is 0 Å². The number of rotatable bonds is 8. The van der Waals surface area contributed by atoms with Gasteiger partial charge in [-0.2, -0.15) is 0 Å². The smallest absolute Gasteiger partial charge is 0.222 e. The van der Waals surface area contributed by atoms with E-state index in [0.29, 0.717) is 13.0 Å². The van der Waals surface area contributed by atoms with Crippen molar-refractivity contribution in [2.24, 2.45) is 0 Å². The number of methoxy groups -OCH3 is 2. The van der Waals surface area contributed by atoms with E-state index < -0.39 is 0 Å². The highest BCUT2D eigenvalue weighted by molar-refractivity contribution is 5.76. The zero-order valence-corrected chi connectivity index (χ0v) is 13.8. The predicted molar refractivity (Wildman–Crippen MR) is 84.8 cm³/mol. The summed E-state index contributed by atoms with van der Waals surface area (Å²) in [7, 11) is 3.27. The molecule has 0 saturated carbocycles. The molecule has 1 aromatic carbocycles. The highest BCUT2D eigenvalue weighted by atomic mass is 16.5.